The normalized spacial score (nSPS) is 15.9. The molecule has 1 aromatic heterocycles. The average Bonchev–Trinajstić information content (AvgIpc) is 3.23. The molecule has 0 bridgehead atoms. The van der Waals surface area contributed by atoms with Gasteiger partial charge in [-0.1, -0.05) is 30.3 Å². The molecule has 164 valence electrons. The largest absolute Gasteiger partial charge is 0.480 e. The number of hydrogen-bond donors (Lipinski definition) is 1. The van der Waals surface area contributed by atoms with Crippen LogP contribution in [0.15, 0.2) is 48.5 Å². The van der Waals surface area contributed by atoms with E-state index in [0.717, 1.165) is 48.9 Å². The number of carbonyl (C=O) groups excluding carboxylic acids is 2. The van der Waals surface area contributed by atoms with Gasteiger partial charge in [0.25, 0.3) is 11.8 Å². The van der Waals surface area contributed by atoms with Gasteiger partial charge < -0.3 is 9.67 Å². The molecule has 3 heterocycles. The van der Waals surface area contributed by atoms with E-state index in [9.17, 15) is 19.5 Å². The molecule has 0 aliphatic carbocycles. The molecule has 0 radical (unpaired) electrons. The van der Waals surface area contributed by atoms with Crippen LogP contribution in [0.25, 0.3) is 10.9 Å². The molecule has 7 nitrogen and oxygen atoms in total. The highest BCUT2D eigenvalue weighted by atomic mass is 16.4. The SMILES string of the molecule is O=C(O)Cn1c2c(c3ccccc31)CCN(CCCCN1C(=O)c3ccccc3C1=O)C2. The van der Waals surface area contributed by atoms with Gasteiger partial charge in [0.05, 0.1) is 11.1 Å². The predicted molar refractivity (Wildman–Crippen MR) is 120 cm³/mol. The summed E-state index contributed by atoms with van der Waals surface area (Å²) < 4.78 is 1.93. The maximum atomic E-state index is 12.5. The number of carboxylic acids is 1. The monoisotopic (exact) mass is 431 g/mol. The van der Waals surface area contributed by atoms with Crippen LogP contribution in [-0.4, -0.2) is 56.9 Å². The number of hydrogen-bond acceptors (Lipinski definition) is 4. The lowest BCUT2D eigenvalue weighted by atomic mass is 10.0. The Labute approximate surface area is 185 Å². The Morgan fingerprint density at radius 3 is 2.28 bits per heavy atom. The molecular formula is C25H25N3O4. The first-order valence-corrected chi connectivity index (χ1v) is 11.0. The molecule has 2 aliphatic heterocycles. The third-order valence-corrected chi connectivity index (χ3v) is 6.52. The van der Waals surface area contributed by atoms with Crippen molar-refractivity contribution >= 4 is 28.7 Å². The minimum absolute atomic E-state index is 0.0383. The molecule has 0 unspecified atom stereocenters. The van der Waals surface area contributed by atoms with Gasteiger partial charge in [-0.3, -0.25) is 24.2 Å². The van der Waals surface area contributed by atoms with E-state index in [1.807, 2.05) is 22.8 Å². The zero-order chi connectivity index (χ0) is 22.2. The van der Waals surface area contributed by atoms with Crippen LogP contribution < -0.4 is 0 Å². The number of rotatable bonds is 7. The lowest BCUT2D eigenvalue weighted by molar-refractivity contribution is -0.137. The lowest BCUT2D eigenvalue weighted by Gasteiger charge is -2.28. The standard InChI is InChI=1S/C25H25N3O4/c29-23(30)16-28-21-10-4-3-7-17(21)18-11-14-26(15-22(18)28)12-5-6-13-27-24(31)19-8-1-2-9-20(19)25(27)32/h1-4,7-10H,5-6,11-16H2,(H,29,30). The number of carboxylic acid groups (broad SMARTS) is 1. The second-order valence-electron chi connectivity index (χ2n) is 8.46. The van der Waals surface area contributed by atoms with Crippen LogP contribution in [0.3, 0.4) is 0 Å². The number of para-hydroxylation sites is 1. The van der Waals surface area contributed by atoms with Crippen molar-refractivity contribution in [2.75, 3.05) is 19.6 Å². The van der Waals surface area contributed by atoms with E-state index in [0.29, 0.717) is 24.2 Å². The van der Waals surface area contributed by atoms with Crippen LogP contribution in [0.1, 0.15) is 44.8 Å². The predicted octanol–water partition coefficient (Wildman–Crippen LogP) is 3.16. The molecule has 2 aromatic carbocycles. The average molecular weight is 431 g/mol. The number of unbranched alkanes of at least 4 members (excludes halogenated alkanes) is 1. The topological polar surface area (TPSA) is 82.8 Å². The van der Waals surface area contributed by atoms with Crippen LogP contribution in [0, 0.1) is 0 Å². The van der Waals surface area contributed by atoms with Gasteiger partial charge in [-0.25, -0.2) is 0 Å². The molecule has 7 heteroatoms. The van der Waals surface area contributed by atoms with Crippen LogP contribution in [0.2, 0.25) is 0 Å². The van der Waals surface area contributed by atoms with Gasteiger partial charge in [0, 0.05) is 36.2 Å². The number of aliphatic carboxylic acids is 1. The Morgan fingerprint density at radius 1 is 0.906 bits per heavy atom. The van der Waals surface area contributed by atoms with E-state index >= 15 is 0 Å². The second-order valence-corrected chi connectivity index (χ2v) is 8.46. The number of fused-ring (bicyclic) bond motifs is 4. The maximum Gasteiger partial charge on any atom is 0.323 e. The van der Waals surface area contributed by atoms with Gasteiger partial charge in [-0.15, -0.1) is 0 Å². The van der Waals surface area contributed by atoms with E-state index in [-0.39, 0.29) is 18.4 Å². The number of aromatic nitrogens is 1. The fourth-order valence-corrected chi connectivity index (χ4v) is 5.00. The summed E-state index contributed by atoms with van der Waals surface area (Å²) in [5.41, 5.74) is 4.30. The third kappa shape index (κ3) is 3.48. The van der Waals surface area contributed by atoms with E-state index in [1.54, 1.807) is 24.3 Å². The molecule has 5 rings (SSSR count). The van der Waals surface area contributed by atoms with Crippen molar-refractivity contribution in [3.8, 4) is 0 Å². The van der Waals surface area contributed by atoms with Crippen molar-refractivity contribution in [1.29, 1.82) is 0 Å². The van der Waals surface area contributed by atoms with Gasteiger partial charge in [0.2, 0.25) is 0 Å². The van der Waals surface area contributed by atoms with Crippen molar-refractivity contribution in [3.63, 3.8) is 0 Å². The first-order valence-electron chi connectivity index (χ1n) is 11.0. The zero-order valence-corrected chi connectivity index (χ0v) is 17.8. The highest BCUT2D eigenvalue weighted by Crippen LogP contribution is 2.31. The Kier molecular flexibility index (Phi) is 5.27. The summed E-state index contributed by atoms with van der Waals surface area (Å²) in [5, 5.41) is 10.6. The Morgan fingerprint density at radius 2 is 1.56 bits per heavy atom. The van der Waals surface area contributed by atoms with E-state index in [4.69, 9.17) is 0 Å². The smallest absolute Gasteiger partial charge is 0.323 e. The Hall–Kier alpha value is -3.45. The lowest BCUT2D eigenvalue weighted by Crippen LogP contribution is -2.34. The number of benzene rings is 2. The number of nitrogens with zero attached hydrogens (tertiary/aromatic N) is 3. The summed E-state index contributed by atoms with van der Waals surface area (Å²) in [6, 6.07) is 15.0. The number of carbonyl (C=O) groups is 3. The minimum Gasteiger partial charge on any atom is -0.480 e. The fraction of sp³-hybridized carbons (Fsp3) is 0.320. The second kappa shape index (κ2) is 8.24. The summed E-state index contributed by atoms with van der Waals surface area (Å²) in [7, 11) is 0. The zero-order valence-electron chi connectivity index (χ0n) is 17.8. The van der Waals surface area contributed by atoms with Crippen molar-refractivity contribution in [1.82, 2.24) is 14.4 Å². The molecule has 0 atom stereocenters. The highest BCUT2D eigenvalue weighted by molar-refractivity contribution is 6.21. The molecule has 0 saturated carbocycles. The first-order chi connectivity index (χ1) is 15.5. The van der Waals surface area contributed by atoms with Gasteiger partial charge in [0.1, 0.15) is 6.54 Å². The van der Waals surface area contributed by atoms with Crippen molar-refractivity contribution in [2.24, 2.45) is 0 Å². The maximum absolute atomic E-state index is 12.5. The van der Waals surface area contributed by atoms with Gasteiger partial charge in [0.15, 0.2) is 0 Å². The summed E-state index contributed by atoms with van der Waals surface area (Å²) in [6.45, 7) is 2.86. The summed E-state index contributed by atoms with van der Waals surface area (Å²) in [5.74, 6) is -1.25. The van der Waals surface area contributed by atoms with Crippen molar-refractivity contribution in [3.05, 3.63) is 70.9 Å². The van der Waals surface area contributed by atoms with E-state index < -0.39 is 5.97 Å². The van der Waals surface area contributed by atoms with Crippen LogP contribution >= 0.6 is 0 Å². The summed E-state index contributed by atoms with van der Waals surface area (Å²) >= 11 is 0. The molecule has 0 fully saturated rings. The fourth-order valence-electron chi connectivity index (χ4n) is 5.00. The quantitative estimate of drug-likeness (QED) is 0.459. The van der Waals surface area contributed by atoms with Gasteiger partial charge >= 0.3 is 5.97 Å². The molecule has 3 aromatic rings. The molecular weight excluding hydrogens is 406 g/mol. The molecule has 1 N–H and O–H groups in total. The van der Waals surface area contributed by atoms with Crippen molar-refractivity contribution in [2.45, 2.75) is 32.4 Å². The molecule has 2 amide bonds. The molecule has 0 saturated heterocycles. The third-order valence-electron chi connectivity index (χ3n) is 6.52. The summed E-state index contributed by atoms with van der Waals surface area (Å²) in [4.78, 5) is 40.1. The Balaban J connectivity index is 1.22. The molecule has 2 aliphatic rings. The summed E-state index contributed by atoms with van der Waals surface area (Å²) in [6.07, 6.45) is 2.50. The van der Waals surface area contributed by atoms with E-state index in [1.165, 1.54) is 10.5 Å². The minimum atomic E-state index is -0.841. The van der Waals surface area contributed by atoms with E-state index in [2.05, 4.69) is 11.0 Å². The van der Waals surface area contributed by atoms with Crippen molar-refractivity contribution < 1.29 is 19.5 Å². The molecule has 32 heavy (non-hydrogen) atoms. The van der Waals surface area contributed by atoms with Gasteiger partial charge in [-0.2, -0.15) is 0 Å². The first kappa shape index (κ1) is 20.5. The number of imide groups is 1. The van der Waals surface area contributed by atoms with Crippen LogP contribution in [0.4, 0.5) is 0 Å². The number of amides is 2. The highest BCUT2D eigenvalue weighted by Gasteiger charge is 2.34. The Bertz CT molecular complexity index is 1190. The van der Waals surface area contributed by atoms with Crippen LogP contribution in [-0.2, 0) is 24.3 Å². The van der Waals surface area contributed by atoms with Gasteiger partial charge in [-0.05, 0) is 49.6 Å². The van der Waals surface area contributed by atoms with Crippen LogP contribution in [0.5, 0.6) is 0 Å². The molecule has 0 spiro atoms.